The lowest BCUT2D eigenvalue weighted by atomic mass is 10.3. The van der Waals surface area contributed by atoms with Crippen molar-refractivity contribution >= 4 is 0 Å². The minimum absolute atomic E-state index is 0.157. The molecule has 11 heavy (non-hydrogen) atoms. The van der Waals surface area contributed by atoms with Crippen LogP contribution in [0.2, 0.25) is 0 Å². The van der Waals surface area contributed by atoms with Gasteiger partial charge in [0.15, 0.2) is 0 Å². The van der Waals surface area contributed by atoms with Crippen LogP contribution in [0.15, 0.2) is 23.4 Å². The molecule has 0 radical (unpaired) electrons. The molecule has 3 heteroatoms. The number of hydrogen-bond acceptors (Lipinski definition) is 1. The van der Waals surface area contributed by atoms with Gasteiger partial charge in [-0.2, -0.15) is 8.78 Å². The van der Waals surface area contributed by atoms with E-state index in [1.165, 1.54) is 0 Å². The first-order chi connectivity index (χ1) is 5.15. The van der Waals surface area contributed by atoms with Gasteiger partial charge in [-0.3, -0.25) is 0 Å². The molecular formula is C8H11F2N. The van der Waals surface area contributed by atoms with E-state index in [1.807, 2.05) is 18.9 Å². The SMILES string of the molecule is CCC1=CC(=C(F)F)CN1C. The van der Waals surface area contributed by atoms with Crippen LogP contribution in [0.5, 0.6) is 0 Å². The van der Waals surface area contributed by atoms with Gasteiger partial charge in [0.05, 0.1) is 0 Å². The second kappa shape index (κ2) is 3.03. The molecule has 62 valence electrons. The number of nitrogens with zero attached hydrogens (tertiary/aromatic N) is 1. The fourth-order valence-electron chi connectivity index (χ4n) is 1.20. The molecule has 1 aliphatic heterocycles. The summed E-state index contributed by atoms with van der Waals surface area (Å²) in [5.41, 5.74) is 1.14. The van der Waals surface area contributed by atoms with Crippen LogP contribution >= 0.6 is 0 Å². The topological polar surface area (TPSA) is 3.24 Å². The fraction of sp³-hybridized carbons (Fsp3) is 0.500. The molecule has 0 aromatic rings. The van der Waals surface area contributed by atoms with E-state index in [4.69, 9.17) is 0 Å². The molecule has 0 fully saturated rings. The van der Waals surface area contributed by atoms with Crippen molar-refractivity contribution in [2.75, 3.05) is 13.6 Å². The van der Waals surface area contributed by atoms with Crippen molar-refractivity contribution in [3.05, 3.63) is 23.4 Å². The molecular weight excluding hydrogens is 148 g/mol. The molecule has 1 nitrogen and oxygen atoms in total. The molecule has 1 rings (SSSR count). The molecule has 0 saturated carbocycles. The molecule has 0 spiro atoms. The lowest BCUT2D eigenvalue weighted by Crippen LogP contribution is -2.13. The average Bonchev–Trinajstić information content (AvgIpc) is 2.31. The highest BCUT2D eigenvalue weighted by Gasteiger charge is 2.16. The minimum atomic E-state index is -1.56. The highest BCUT2D eigenvalue weighted by atomic mass is 19.3. The summed E-state index contributed by atoms with van der Waals surface area (Å²) in [6.07, 6.45) is 0.822. The number of likely N-dealkylation sites (N-methyl/N-ethyl adjacent to an activating group) is 1. The van der Waals surface area contributed by atoms with Crippen LogP contribution in [-0.4, -0.2) is 18.5 Å². The van der Waals surface area contributed by atoms with Crippen molar-refractivity contribution in [2.45, 2.75) is 13.3 Å². The summed E-state index contributed by atoms with van der Waals surface area (Å²) in [6, 6.07) is 0. The van der Waals surface area contributed by atoms with E-state index in [0.29, 0.717) is 6.54 Å². The van der Waals surface area contributed by atoms with E-state index in [-0.39, 0.29) is 5.57 Å². The third kappa shape index (κ3) is 1.59. The van der Waals surface area contributed by atoms with E-state index in [9.17, 15) is 8.78 Å². The van der Waals surface area contributed by atoms with Gasteiger partial charge in [0.1, 0.15) is 0 Å². The fourth-order valence-corrected chi connectivity index (χ4v) is 1.20. The molecule has 0 unspecified atom stereocenters. The highest BCUT2D eigenvalue weighted by Crippen LogP contribution is 2.23. The van der Waals surface area contributed by atoms with Gasteiger partial charge >= 0.3 is 0 Å². The smallest absolute Gasteiger partial charge is 0.275 e. The number of hydrogen-bond donors (Lipinski definition) is 0. The normalized spacial score (nSPS) is 17.3. The summed E-state index contributed by atoms with van der Waals surface area (Å²) < 4.78 is 24.1. The molecule has 0 bridgehead atoms. The number of allylic oxidation sites excluding steroid dienone is 1. The summed E-state index contributed by atoms with van der Waals surface area (Å²) in [7, 11) is 1.82. The zero-order valence-electron chi connectivity index (χ0n) is 6.69. The lowest BCUT2D eigenvalue weighted by Gasteiger charge is -2.13. The van der Waals surface area contributed by atoms with E-state index in [2.05, 4.69) is 0 Å². The highest BCUT2D eigenvalue weighted by molar-refractivity contribution is 5.31. The van der Waals surface area contributed by atoms with Gasteiger partial charge < -0.3 is 4.90 Å². The predicted molar refractivity (Wildman–Crippen MR) is 40.2 cm³/mol. The van der Waals surface area contributed by atoms with Crippen molar-refractivity contribution in [2.24, 2.45) is 0 Å². The average molecular weight is 159 g/mol. The maximum atomic E-state index is 12.0. The standard InChI is InChI=1S/C8H11F2N/c1-3-7-4-6(8(9)10)5-11(7)2/h4H,3,5H2,1-2H3. The molecule has 0 aromatic heterocycles. The lowest BCUT2D eigenvalue weighted by molar-refractivity contribution is 0.399. The Morgan fingerprint density at radius 2 is 2.27 bits per heavy atom. The van der Waals surface area contributed by atoms with Crippen molar-refractivity contribution < 1.29 is 8.78 Å². The largest absolute Gasteiger partial charge is 0.373 e. The molecule has 0 N–H and O–H groups in total. The summed E-state index contributed by atoms with van der Waals surface area (Å²) in [6.45, 7) is 2.31. The molecule has 1 heterocycles. The van der Waals surface area contributed by atoms with E-state index >= 15 is 0 Å². The second-order valence-electron chi connectivity index (χ2n) is 2.63. The first kappa shape index (κ1) is 8.24. The zero-order chi connectivity index (χ0) is 8.43. The molecule has 0 aromatic carbocycles. The molecule has 0 aliphatic carbocycles. The van der Waals surface area contributed by atoms with Gasteiger partial charge in [-0.15, -0.1) is 0 Å². The monoisotopic (exact) mass is 159 g/mol. The Morgan fingerprint density at radius 1 is 1.64 bits per heavy atom. The maximum absolute atomic E-state index is 12.0. The van der Waals surface area contributed by atoms with Crippen molar-refractivity contribution in [1.29, 1.82) is 0 Å². The maximum Gasteiger partial charge on any atom is 0.275 e. The minimum Gasteiger partial charge on any atom is -0.373 e. The number of halogens is 2. The van der Waals surface area contributed by atoms with Gasteiger partial charge in [0.2, 0.25) is 0 Å². The van der Waals surface area contributed by atoms with E-state index < -0.39 is 6.08 Å². The summed E-state index contributed by atoms with van der Waals surface area (Å²) >= 11 is 0. The van der Waals surface area contributed by atoms with Crippen molar-refractivity contribution in [3.8, 4) is 0 Å². The Balaban J connectivity index is 2.83. The van der Waals surface area contributed by atoms with Crippen LogP contribution < -0.4 is 0 Å². The van der Waals surface area contributed by atoms with Crippen LogP contribution in [0.4, 0.5) is 8.78 Å². The molecule has 0 amide bonds. The summed E-state index contributed by atoms with van der Waals surface area (Å²) in [5, 5.41) is 0. The zero-order valence-corrected chi connectivity index (χ0v) is 6.69. The van der Waals surface area contributed by atoms with Crippen molar-refractivity contribution in [3.63, 3.8) is 0 Å². The second-order valence-corrected chi connectivity index (χ2v) is 2.63. The van der Waals surface area contributed by atoms with Gasteiger partial charge in [-0.1, -0.05) is 6.92 Å². The Bertz CT molecular complexity index is 214. The predicted octanol–water partition coefficient (Wildman–Crippen LogP) is 2.38. The Hall–Kier alpha value is -0.860. The van der Waals surface area contributed by atoms with Gasteiger partial charge in [-0.05, 0) is 12.5 Å². The van der Waals surface area contributed by atoms with Crippen LogP contribution in [0.25, 0.3) is 0 Å². The Morgan fingerprint density at radius 3 is 2.55 bits per heavy atom. The molecule has 1 aliphatic rings. The summed E-state index contributed by atoms with van der Waals surface area (Å²) in [5.74, 6) is 0. The van der Waals surface area contributed by atoms with Crippen LogP contribution in [-0.2, 0) is 0 Å². The third-order valence-corrected chi connectivity index (χ3v) is 1.84. The van der Waals surface area contributed by atoms with Gasteiger partial charge in [-0.25, -0.2) is 0 Å². The number of rotatable bonds is 1. The molecule has 0 saturated heterocycles. The van der Waals surface area contributed by atoms with E-state index in [1.54, 1.807) is 6.08 Å². The van der Waals surface area contributed by atoms with Crippen LogP contribution in [0, 0.1) is 0 Å². The third-order valence-electron chi connectivity index (χ3n) is 1.84. The summed E-state index contributed by atoms with van der Waals surface area (Å²) in [4.78, 5) is 1.84. The molecule has 0 atom stereocenters. The van der Waals surface area contributed by atoms with Crippen LogP contribution in [0.3, 0.4) is 0 Å². The quantitative estimate of drug-likeness (QED) is 0.567. The van der Waals surface area contributed by atoms with E-state index in [0.717, 1.165) is 12.1 Å². The van der Waals surface area contributed by atoms with Crippen LogP contribution in [0.1, 0.15) is 13.3 Å². The Labute approximate surface area is 65.0 Å². The van der Waals surface area contributed by atoms with Gasteiger partial charge in [0.25, 0.3) is 6.08 Å². The van der Waals surface area contributed by atoms with Gasteiger partial charge in [0, 0.05) is 24.9 Å². The Kier molecular flexibility index (Phi) is 2.27. The van der Waals surface area contributed by atoms with Crippen molar-refractivity contribution in [1.82, 2.24) is 4.90 Å². The first-order valence-corrected chi connectivity index (χ1v) is 3.61. The first-order valence-electron chi connectivity index (χ1n) is 3.61.